The Morgan fingerprint density at radius 1 is 1.09 bits per heavy atom. The van der Waals surface area contributed by atoms with Crippen LogP contribution >= 0.6 is 12.2 Å². The van der Waals surface area contributed by atoms with Crippen LogP contribution in [0.4, 0.5) is 0 Å². The van der Waals surface area contributed by atoms with Crippen LogP contribution < -0.4 is 10.3 Å². The predicted molar refractivity (Wildman–Crippen MR) is 128 cm³/mol. The number of hydrogen-bond donors (Lipinski definition) is 0. The summed E-state index contributed by atoms with van der Waals surface area (Å²) in [5.41, 5.74) is 1.62. The van der Waals surface area contributed by atoms with E-state index >= 15 is 0 Å². The molecule has 1 aliphatic heterocycles. The molecule has 8 heteroatoms. The van der Waals surface area contributed by atoms with Crippen LogP contribution in [0.2, 0.25) is 0 Å². The zero-order valence-corrected chi connectivity index (χ0v) is 19.2. The summed E-state index contributed by atoms with van der Waals surface area (Å²) >= 11 is 5.86. The molecule has 0 atom stereocenters. The number of rotatable bonds is 5. The first kappa shape index (κ1) is 20.9. The quantitative estimate of drug-likeness (QED) is 0.432. The largest absolute Gasteiger partial charge is 0.496 e. The van der Waals surface area contributed by atoms with Gasteiger partial charge in [-0.2, -0.15) is 0 Å². The van der Waals surface area contributed by atoms with Gasteiger partial charge in [0, 0.05) is 18.7 Å². The summed E-state index contributed by atoms with van der Waals surface area (Å²) in [7, 11) is 1.64. The first-order chi connectivity index (χ1) is 15.6. The van der Waals surface area contributed by atoms with Gasteiger partial charge in [-0.25, -0.2) is 4.68 Å². The molecule has 1 fully saturated rings. The lowest BCUT2D eigenvalue weighted by atomic mass is 10.00. The van der Waals surface area contributed by atoms with Crippen molar-refractivity contribution in [2.24, 2.45) is 5.92 Å². The van der Waals surface area contributed by atoms with Crippen LogP contribution in [0.5, 0.6) is 5.75 Å². The molecule has 2 aromatic carbocycles. The lowest BCUT2D eigenvalue weighted by Crippen LogP contribution is -2.34. The Morgan fingerprint density at radius 2 is 1.81 bits per heavy atom. The Balaban J connectivity index is 1.68. The van der Waals surface area contributed by atoms with E-state index in [2.05, 4.69) is 11.8 Å². The van der Waals surface area contributed by atoms with Crippen LogP contribution in [0.25, 0.3) is 16.7 Å². The fourth-order valence-corrected chi connectivity index (χ4v) is 4.78. The molecule has 5 rings (SSSR count). The fraction of sp³-hybridized carbons (Fsp3) is 0.375. The van der Waals surface area contributed by atoms with Crippen molar-refractivity contribution >= 4 is 28.9 Å². The van der Waals surface area contributed by atoms with E-state index in [0.717, 1.165) is 35.8 Å². The lowest BCUT2D eigenvalue weighted by molar-refractivity contribution is 0.146. The zero-order valence-electron chi connectivity index (χ0n) is 18.4. The summed E-state index contributed by atoms with van der Waals surface area (Å²) < 4.78 is 11.6. The number of para-hydroxylation sites is 2. The van der Waals surface area contributed by atoms with Gasteiger partial charge in [-0.15, -0.1) is 5.10 Å². The maximum Gasteiger partial charge on any atom is 0.263 e. The van der Waals surface area contributed by atoms with Crippen molar-refractivity contribution in [3.8, 4) is 5.75 Å². The van der Waals surface area contributed by atoms with Gasteiger partial charge in [0.1, 0.15) is 5.75 Å². The number of fused-ring (bicyclic) bond motifs is 3. The number of piperidine rings is 1. The van der Waals surface area contributed by atoms with Crippen molar-refractivity contribution in [3.63, 3.8) is 0 Å². The smallest absolute Gasteiger partial charge is 0.263 e. The minimum absolute atomic E-state index is 0.0852. The van der Waals surface area contributed by atoms with Crippen LogP contribution in [-0.4, -0.2) is 43.8 Å². The third-order valence-electron chi connectivity index (χ3n) is 6.42. The molecule has 7 nitrogen and oxygen atoms in total. The number of benzene rings is 2. The predicted octanol–water partition coefficient (Wildman–Crippen LogP) is 3.93. The molecule has 1 aliphatic rings. The summed E-state index contributed by atoms with van der Waals surface area (Å²) in [6.45, 7) is 5.35. The van der Waals surface area contributed by atoms with Gasteiger partial charge in [-0.3, -0.25) is 18.7 Å². The van der Waals surface area contributed by atoms with E-state index in [4.69, 9.17) is 22.1 Å². The Morgan fingerprint density at radius 3 is 2.59 bits per heavy atom. The van der Waals surface area contributed by atoms with Gasteiger partial charge in [-0.1, -0.05) is 37.3 Å². The van der Waals surface area contributed by atoms with E-state index in [-0.39, 0.29) is 5.56 Å². The van der Waals surface area contributed by atoms with E-state index in [1.54, 1.807) is 11.7 Å². The molecule has 0 spiro atoms. The second-order valence-corrected chi connectivity index (χ2v) is 8.94. The Hall–Kier alpha value is -2.97. The molecular formula is C24H27N5O2S. The Kier molecular flexibility index (Phi) is 5.57. The second kappa shape index (κ2) is 8.52. The molecule has 32 heavy (non-hydrogen) atoms. The van der Waals surface area contributed by atoms with Crippen molar-refractivity contribution in [1.29, 1.82) is 0 Å². The molecule has 0 amide bonds. The molecule has 4 aromatic rings. The third kappa shape index (κ3) is 3.63. The zero-order chi connectivity index (χ0) is 22.2. The van der Waals surface area contributed by atoms with Gasteiger partial charge in [0.2, 0.25) is 10.5 Å². The van der Waals surface area contributed by atoms with Gasteiger partial charge >= 0.3 is 0 Å². The van der Waals surface area contributed by atoms with Gasteiger partial charge < -0.3 is 4.74 Å². The van der Waals surface area contributed by atoms with Gasteiger partial charge in [0.15, 0.2) is 0 Å². The highest BCUT2D eigenvalue weighted by Gasteiger charge is 2.20. The van der Waals surface area contributed by atoms with Crippen molar-refractivity contribution in [2.75, 3.05) is 20.2 Å². The number of likely N-dealkylation sites (tertiary alicyclic amines) is 1. The topological polar surface area (TPSA) is 56.7 Å². The minimum atomic E-state index is -0.0852. The molecular weight excluding hydrogens is 422 g/mol. The van der Waals surface area contributed by atoms with Crippen molar-refractivity contribution in [3.05, 3.63) is 69.2 Å². The summed E-state index contributed by atoms with van der Waals surface area (Å²) in [5.74, 6) is 2.05. The summed E-state index contributed by atoms with van der Waals surface area (Å²) in [5, 5.41) is 5.47. The lowest BCUT2D eigenvalue weighted by Gasteiger charge is -2.29. The molecule has 0 bridgehead atoms. The minimum Gasteiger partial charge on any atom is -0.496 e. The molecule has 1 saturated heterocycles. The van der Waals surface area contributed by atoms with Crippen LogP contribution in [0.15, 0.2) is 53.3 Å². The molecule has 2 aromatic heterocycles. The number of ether oxygens (including phenoxy) is 1. The molecule has 0 radical (unpaired) electrons. The first-order valence-electron chi connectivity index (χ1n) is 11.0. The summed E-state index contributed by atoms with van der Waals surface area (Å²) in [6, 6.07) is 15.3. The molecule has 166 valence electrons. The standard InChI is InChI=1S/C24H27N5O2S/c1-17-11-13-26(14-12-17)16-28-24(32)29-20-9-5-4-8-19(20)22(30)27(23(29)25-28)15-18-7-3-6-10-21(18)31-2/h3-10,17H,11-16H2,1-2H3. The number of hydrogen-bond acceptors (Lipinski definition) is 5. The Labute approximate surface area is 191 Å². The van der Waals surface area contributed by atoms with E-state index < -0.39 is 0 Å². The molecule has 0 unspecified atom stereocenters. The van der Waals surface area contributed by atoms with E-state index in [1.807, 2.05) is 57.6 Å². The maximum atomic E-state index is 13.5. The normalized spacial score (nSPS) is 15.6. The summed E-state index contributed by atoms with van der Waals surface area (Å²) in [6.07, 6.45) is 2.37. The van der Waals surface area contributed by atoms with Gasteiger partial charge in [0.05, 0.1) is 31.2 Å². The van der Waals surface area contributed by atoms with E-state index in [0.29, 0.717) is 29.1 Å². The summed E-state index contributed by atoms with van der Waals surface area (Å²) in [4.78, 5) is 15.9. The SMILES string of the molecule is COc1ccccc1Cn1c(=O)c2ccccc2n2c(=S)n(CN3CCC(C)CC3)nc12. The third-order valence-corrected chi connectivity index (χ3v) is 6.81. The first-order valence-corrected chi connectivity index (χ1v) is 11.4. The number of methoxy groups -OCH3 is 1. The van der Waals surface area contributed by atoms with E-state index in [9.17, 15) is 4.79 Å². The van der Waals surface area contributed by atoms with Gasteiger partial charge in [0.25, 0.3) is 5.56 Å². The van der Waals surface area contributed by atoms with Crippen molar-refractivity contribution in [2.45, 2.75) is 33.0 Å². The highest BCUT2D eigenvalue weighted by atomic mass is 32.1. The van der Waals surface area contributed by atoms with Crippen molar-refractivity contribution < 1.29 is 4.74 Å². The average Bonchev–Trinajstić information content (AvgIpc) is 3.14. The average molecular weight is 450 g/mol. The van der Waals surface area contributed by atoms with Crippen LogP contribution in [0.1, 0.15) is 25.3 Å². The molecule has 0 N–H and O–H groups in total. The molecule has 3 heterocycles. The Bertz CT molecular complexity index is 1400. The monoisotopic (exact) mass is 449 g/mol. The fourth-order valence-electron chi connectivity index (χ4n) is 4.50. The highest BCUT2D eigenvalue weighted by molar-refractivity contribution is 7.71. The van der Waals surface area contributed by atoms with Crippen LogP contribution in [0, 0.1) is 10.7 Å². The van der Waals surface area contributed by atoms with Crippen molar-refractivity contribution in [1.82, 2.24) is 23.6 Å². The van der Waals surface area contributed by atoms with E-state index in [1.165, 1.54) is 12.8 Å². The number of aromatic nitrogens is 4. The van der Waals surface area contributed by atoms with Gasteiger partial charge in [-0.05, 0) is 49.2 Å². The van der Waals surface area contributed by atoms with Crippen LogP contribution in [-0.2, 0) is 13.2 Å². The molecule has 0 saturated carbocycles. The molecule has 0 aliphatic carbocycles. The second-order valence-electron chi connectivity index (χ2n) is 8.58. The van der Waals surface area contributed by atoms with Crippen LogP contribution in [0.3, 0.4) is 0 Å². The highest BCUT2D eigenvalue weighted by Crippen LogP contribution is 2.21. The number of nitrogens with zero attached hydrogens (tertiary/aromatic N) is 5. The maximum absolute atomic E-state index is 13.5.